The van der Waals surface area contributed by atoms with Crippen LogP contribution < -0.4 is 5.73 Å². The standard InChI is InChI=1S/C15H10Cl2N2S/c16-12-2-1-9(7-13(12)17)20-15-4-3-14(18)10-5-6-19-8-11(10)15/h1-8H,18H2. The van der Waals surface area contributed by atoms with Crippen LogP contribution in [0.1, 0.15) is 0 Å². The molecule has 2 N–H and O–H groups in total. The van der Waals surface area contributed by atoms with Gasteiger partial charge in [0.1, 0.15) is 0 Å². The zero-order valence-corrected chi connectivity index (χ0v) is 12.6. The van der Waals surface area contributed by atoms with Gasteiger partial charge in [0.25, 0.3) is 0 Å². The number of halogens is 2. The van der Waals surface area contributed by atoms with E-state index in [9.17, 15) is 0 Å². The molecular weight excluding hydrogens is 311 g/mol. The van der Waals surface area contributed by atoms with Crippen LogP contribution in [0.5, 0.6) is 0 Å². The van der Waals surface area contributed by atoms with Crippen molar-refractivity contribution in [2.24, 2.45) is 0 Å². The molecule has 3 rings (SSSR count). The SMILES string of the molecule is Nc1ccc(Sc2ccc(Cl)c(Cl)c2)c2cnccc12. The summed E-state index contributed by atoms with van der Waals surface area (Å²) in [5, 5.41) is 3.14. The van der Waals surface area contributed by atoms with Crippen LogP contribution in [0.4, 0.5) is 5.69 Å². The van der Waals surface area contributed by atoms with Gasteiger partial charge in [-0.1, -0.05) is 35.0 Å². The second kappa shape index (κ2) is 5.52. The third kappa shape index (κ3) is 2.57. The van der Waals surface area contributed by atoms with Crippen LogP contribution >= 0.6 is 35.0 Å². The van der Waals surface area contributed by atoms with Crippen LogP contribution in [0.2, 0.25) is 10.0 Å². The molecule has 0 unspecified atom stereocenters. The molecule has 20 heavy (non-hydrogen) atoms. The molecule has 2 aromatic carbocycles. The lowest BCUT2D eigenvalue weighted by molar-refractivity contribution is 1.34. The molecule has 5 heteroatoms. The van der Waals surface area contributed by atoms with E-state index >= 15 is 0 Å². The normalized spacial score (nSPS) is 10.9. The summed E-state index contributed by atoms with van der Waals surface area (Å²) in [4.78, 5) is 6.28. The van der Waals surface area contributed by atoms with Crippen LogP contribution in [0, 0.1) is 0 Å². The van der Waals surface area contributed by atoms with Crippen molar-refractivity contribution >= 4 is 51.4 Å². The van der Waals surface area contributed by atoms with E-state index in [0.29, 0.717) is 10.0 Å². The van der Waals surface area contributed by atoms with E-state index in [4.69, 9.17) is 28.9 Å². The molecule has 100 valence electrons. The molecule has 0 spiro atoms. The summed E-state index contributed by atoms with van der Waals surface area (Å²) in [6.07, 6.45) is 3.57. The third-order valence-electron chi connectivity index (χ3n) is 2.93. The molecule has 0 aliphatic heterocycles. The first-order valence-electron chi connectivity index (χ1n) is 5.90. The summed E-state index contributed by atoms with van der Waals surface area (Å²) in [5.41, 5.74) is 6.74. The van der Waals surface area contributed by atoms with E-state index < -0.39 is 0 Å². The number of fused-ring (bicyclic) bond motifs is 1. The summed E-state index contributed by atoms with van der Waals surface area (Å²) < 4.78 is 0. The van der Waals surface area contributed by atoms with Gasteiger partial charge in [-0.15, -0.1) is 0 Å². The maximum atomic E-state index is 6.05. The van der Waals surface area contributed by atoms with Gasteiger partial charge in [-0.05, 0) is 36.4 Å². The van der Waals surface area contributed by atoms with Crippen LogP contribution in [0.25, 0.3) is 10.8 Å². The molecular formula is C15H10Cl2N2S. The number of hydrogen-bond donors (Lipinski definition) is 1. The highest BCUT2D eigenvalue weighted by atomic mass is 35.5. The third-order valence-corrected chi connectivity index (χ3v) is 4.74. The lowest BCUT2D eigenvalue weighted by atomic mass is 10.1. The predicted octanol–water partition coefficient (Wildman–Crippen LogP) is 5.28. The van der Waals surface area contributed by atoms with E-state index in [2.05, 4.69) is 4.98 Å². The molecule has 3 aromatic rings. The topological polar surface area (TPSA) is 38.9 Å². The number of anilines is 1. The maximum Gasteiger partial charge on any atom is 0.0603 e. The second-order valence-electron chi connectivity index (χ2n) is 4.25. The first-order chi connectivity index (χ1) is 9.65. The average Bonchev–Trinajstić information content (AvgIpc) is 2.46. The van der Waals surface area contributed by atoms with Crippen LogP contribution in [0.3, 0.4) is 0 Å². The fourth-order valence-electron chi connectivity index (χ4n) is 1.94. The highest BCUT2D eigenvalue weighted by molar-refractivity contribution is 7.99. The van der Waals surface area contributed by atoms with Crippen LogP contribution in [-0.4, -0.2) is 4.98 Å². The van der Waals surface area contributed by atoms with Gasteiger partial charge in [0.15, 0.2) is 0 Å². The van der Waals surface area contributed by atoms with E-state index in [1.165, 1.54) is 0 Å². The fraction of sp³-hybridized carbons (Fsp3) is 0. The highest BCUT2D eigenvalue weighted by Crippen LogP contribution is 2.37. The van der Waals surface area contributed by atoms with Gasteiger partial charge in [-0.2, -0.15) is 0 Å². The largest absolute Gasteiger partial charge is 0.398 e. The van der Waals surface area contributed by atoms with Crippen molar-refractivity contribution in [3.05, 3.63) is 58.8 Å². The Labute approximate surface area is 130 Å². The van der Waals surface area contributed by atoms with E-state index in [0.717, 1.165) is 26.3 Å². The smallest absolute Gasteiger partial charge is 0.0603 e. The molecule has 0 amide bonds. The quantitative estimate of drug-likeness (QED) is 0.653. The summed E-state index contributed by atoms with van der Waals surface area (Å²) >= 11 is 13.6. The number of nitrogen functional groups attached to an aromatic ring is 1. The Kier molecular flexibility index (Phi) is 3.74. The van der Waals surface area contributed by atoms with Gasteiger partial charge < -0.3 is 5.73 Å². The molecule has 0 radical (unpaired) electrons. The minimum Gasteiger partial charge on any atom is -0.398 e. The number of aromatic nitrogens is 1. The number of pyridine rings is 1. The van der Waals surface area contributed by atoms with Crippen LogP contribution in [-0.2, 0) is 0 Å². The molecule has 2 nitrogen and oxygen atoms in total. The Morgan fingerprint density at radius 1 is 0.950 bits per heavy atom. The van der Waals surface area contributed by atoms with Crippen molar-refractivity contribution in [1.82, 2.24) is 4.98 Å². The number of rotatable bonds is 2. The summed E-state index contributed by atoms with van der Waals surface area (Å²) in [5.74, 6) is 0. The van der Waals surface area contributed by atoms with Gasteiger partial charge >= 0.3 is 0 Å². The first kappa shape index (κ1) is 13.6. The molecule has 0 saturated heterocycles. The molecule has 0 bridgehead atoms. The van der Waals surface area contributed by atoms with Gasteiger partial charge in [-0.3, -0.25) is 4.98 Å². The summed E-state index contributed by atoms with van der Waals surface area (Å²) in [7, 11) is 0. The van der Waals surface area contributed by atoms with Crippen molar-refractivity contribution in [2.75, 3.05) is 5.73 Å². The van der Waals surface area contributed by atoms with Crippen molar-refractivity contribution in [3.63, 3.8) is 0 Å². The Hall–Kier alpha value is -1.42. The average molecular weight is 321 g/mol. The molecule has 0 saturated carbocycles. The molecule has 0 fully saturated rings. The van der Waals surface area contributed by atoms with Gasteiger partial charge in [-0.25, -0.2) is 0 Å². The van der Waals surface area contributed by atoms with E-state index in [-0.39, 0.29) is 0 Å². The van der Waals surface area contributed by atoms with Gasteiger partial charge in [0.2, 0.25) is 0 Å². The Bertz CT molecular complexity index is 790. The lowest BCUT2D eigenvalue weighted by Gasteiger charge is -2.08. The molecule has 1 aromatic heterocycles. The fourth-order valence-corrected chi connectivity index (χ4v) is 3.28. The Morgan fingerprint density at radius 3 is 2.60 bits per heavy atom. The van der Waals surface area contributed by atoms with Gasteiger partial charge in [0, 0.05) is 38.6 Å². The minimum absolute atomic E-state index is 0.551. The van der Waals surface area contributed by atoms with Crippen LogP contribution in [0.15, 0.2) is 58.6 Å². The van der Waals surface area contributed by atoms with E-state index in [1.54, 1.807) is 24.0 Å². The second-order valence-corrected chi connectivity index (χ2v) is 6.18. The molecule has 1 heterocycles. The van der Waals surface area contributed by atoms with Gasteiger partial charge in [0.05, 0.1) is 10.0 Å². The monoisotopic (exact) mass is 320 g/mol. The first-order valence-corrected chi connectivity index (χ1v) is 7.47. The molecule has 0 aliphatic carbocycles. The Morgan fingerprint density at radius 2 is 1.80 bits per heavy atom. The number of hydrogen-bond acceptors (Lipinski definition) is 3. The zero-order chi connectivity index (χ0) is 14.1. The highest BCUT2D eigenvalue weighted by Gasteiger charge is 2.07. The van der Waals surface area contributed by atoms with Crippen molar-refractivity contribution in [3.8, 4) is 0 Å². The lowest BCUT2D eigenvalue weighted by Crippen LogP contribution is -1.89. The summed E-state index contributed by atoms with van der Waals surface area (Å²) in [6, 6.07) is 11.4. The van der Waals surface area contributed by atoms with Crippen molar-refractivity contribution in [2.45, 2.75) is 9.79 Å². The maximum absolute atomic E-state index is 6.05. The van der Waals surface area contributed by atoms with E-state index in [1.807, 2.05) is 36.5 Å². The zero-order valence-electron chi connectivity index (χ0n) is 10.3. The minimum atomic E-state index is 0.551. The molecule has 0 aliphatic rings. The predicted molar refractivity (Wildman–Crippen MR) is 86.7 cm³/mol. The Balaban J connectivity index is 2.06. The number of benzene rings is 2. The summed E-state index contributed by atoms with van der Waals surface area (Å²) in [6.45, 7) is 0. The number of nitrogens with zero attached hydrogens (tertiary/aromatic N) is 1. The molecule has 0 atom stereocenters. The van der Waals surface area contributed by atoms with Crippen molar-refractivity contribution < 1.29 is 0 Å². The number of nitrogens with two attached hydrogens (primary N) is 1. The van der Waals surface area contributed by atoms with Crippen molar-refractivity contribution in [1.29, 1.82) is 0 Å².